The summed E-state index contributed by atoms with van der Waals surface area (Å²) >= 11 is 6.05. The van der Waals surface area contributed by atoms with Crippen molar-refractivity contribution in [2.45, 2.75) is 32.8 Å². The van der Waals surface area contributed by atoms with Gasteiger partial charge in [-0.15, -0.1) is 0 Å². The maximum Gasteiger partial charge on any atom is 0.339 e. The molecule has 0 amide bonds. The maximum absolute atomic E-state index is 11.4. The Morgan fingerprint density at radius 1 is 1.39 bits per heavy atom. The Hall–Kier alpha value is -1.26. The van der Waals surface area contributed by atoms with Crippen LogP contribution in [0.5, 0.6) is 5.75 Å². The third-order valence-electron chi connectivity index (χ3n) is 2.57. The van der Waals surface area contributed by atoms with E-state index in [-0.39, 0.29) is 23.8 Å². The first-order valence-corrected chi connectivity index (χ1v) is 6.13. The van der Waals surface area contributed by atoms with E-state index < -0.39 is 12.1 Å². The van der Waals surface area contributed by atoms with E-state index >= 15 is 0 Å². The fraction of sp³-hybridized carbons (Fsp3) is 0.462. The lowest BCUT2D eigenvalue weighted by atomic mass is 9.98. The average Bonchev–Trinajstić information content (AvgIpc) is 2.30. The summed E-state index contributed by atoms with van der Waals surface area (Å²) in [5.41, 5.74) is 0.817. The van der Waals surface area contributed by atoms with E-state index in [1.165, 1.54) is 12.1 Å². The predicted molar refractivity (Wildman–Crippen MR) is 68.8 cm³/mol. The number of aliphatic hydroxyl groups excluding tert-OH is 1. The van der Waals surface area contributed by atoms with Crippen molar-refractivity contribution >= 4 is 17.6 Å². The van der Waals surface area contributed by atoms with Crippen molar-refractivity contribution in [3.8, 4) is 5.75 Å². The van der Waals surface area contributed by atoms with Crippen LogP contribution in [0.3, 0.4) is 0 Å². The van der Waals surface area contributed by atoms with Gasteiger partial charge < -0.3 is 14.9 Å². The number of ether oxygens (including phenoxy) is 1. The highest BCUT2D eigenvalue weighted by Gasteiger charge is 2.23. The zero-order chi connectivity index (χ0) is 13.9. The number of phenolic OH excluding ortho intramolecular Hbond substituents is 1. The molecule has 0 aromatic heterocycles. The Balaban J connectivity index is 3.11. The second-order valence-corrected chi connectivity index (χ2v) is 4.65. The second-order valence-electron chi connectivity index (χ2n) is 4.24. The third-order valence-corrected chi connectivity index (χ3v) is 2.90. The molecule has 0 saturated carbocycles. The Bertz CT molecular complexity index is 443. The molecule has 2 N–H and O–H groups in total. The van der Waals surface area contributed by atoms with Crippen LogP contribution in [0.1, 0.15) is 43.9 Å². The van der Waals surface area contributed by atoms with Crippen molar-refractivity contribution in [2.75, 3.05) is 6.61 Å². The van der Waals surface area contributed by atoms with Gasteiger partial charge >= 0.3 is 5.97 Å². The first-order valence-electron chi connectivity index (χ1n) is 5.75. The number of aromatic hydroxyl groups is 1. The van der Waals surface area contributed by atoms with E-state index in [9.17, 15) is 15.0 Å². The molecule has 100 valence electrons. The van der Waals surface area contributed by atoms with Crippen LogP contribution in [-0.2, 0) is 9.53 Å². The average molecular weight is 273 g/mol. The monoisotopic (exact) mass is 272 g/mol. The molecule has 1 aromatic rings. The van der Waals surface area contributed by atoms with Crippen LogP contribution in [-0.4, -0.2) is 22.8 Å². The SMILES string of the molecule is CCOC(=O)C(O)c1cc(Cl)c(C(C)C)cc1O. The first kappa shape index (κ1) is 14.8. The van der Waals surface area contributed by atoms with Crippen molar-refractivity contribution in [1.82, 2.24) is 0 Å². The first-order chi connectivity index (χ1) is 8.38. The minimum absolute atomic E-state index is 0.0582. The molecule has 0 radical (unpaired) electrons. The molecule has 1 atom stereocenters. The van der Waals surface area contributed by atoms with Crippen LogP contribution in [0.15, 0.2) is 12.1 Å². The molecule has 4 nitrogen and oxygen atoms in total. The molecule has 1 aromatic carbocycles. The van der Waals surface area contributed by atoms with Gasteiger partial charge in [-0.2, -0.15) is 0 Å². The Morgan fingerprint density at radius 3 is 2.50 bits per heavy atom. The van der Waals surface area contributed by atoms with Crippen LogP contribution >= 0.6 is 11.6 Å². The molecule has 0 bridgehead atoms. The molecule has 0 saturated heterocycles. The number of carbonyl (C=O) groups is 1. The van der Waals surface area contributed by atoms with Crippen molar-refractivity contribution < 1.29 is 19.7 Å². The summed E-state index contributed by atoms with van der Waals surface area (Å²) in [5.74, 6) is -0.831. The van der Waals surface area contributed by atoms with E-state index in [0.717, 1.165) is 5.56 Å². The summed E-state index contributed by atoms with van der Waals surface area (Å²) in [6.45, 7) is 5.66. The number of rotatable bonds is 4. The number of benzene rings is 1. The van der Waals surface area contributed by atoms with Gasteiger partial charge in [0.15, 0.2) is 6.10 Å². The molecule has 0 spiro atoms. The third kappa shape index (κ3) is 3.15. The lowest BCUT2D eigenvalue weighted by Gasteiger charge is -2.15. The largest absolute Gasteiger partial charge is 0.508 e. The second kappa shape index (κ2) is 6.07. The van der Waals surface area contributed by atoms with Crippen molar-refractivity contribution in [1.29, 1.82) is 0 Å². The highest BCUT2D eigenvalue weighted by atomic mass is 35.5. The van der Waals surface area contributed by atoms with E-state index in [2.05, 4.69) is 4.74 Å². The van der Waals surface area contributed by atoms with Gasteiger partial charge in [0.2, 0.25) is 0 Å². The van der Waals surface area contributed by atoms with Gasteiger partial charge in [0.05, 0.1) is 6.61 Å². The molecule has 5 heteroatoms. The highest BCUT2D eigenvalue weighted by molar-refractivity contribution is 6.31. The lowest BCUT2D eigenvalue weighted by Crippen LogP contribution is -2.15. The van der Waals surface area contributed by atoms with E-state index in [1.807, 2.05) is 13.8 Å². The number of hydrogen-bond acceptors (Lipinski definition) is 4. The summed E-state index contributed by atoms with van der Waals surface area (Å²) in [6, 6.07) is 2.86. The molecule has 0 aliphatic carbocycles. The van der Waals surface area contributed by atoms with E-state index in [4.69, 9.17) is 11.6 Å². The Morgan fingerprint density at radius 2 is 2.00 bits per heavy atom. The van der Waals surface area contributed by atoms with Crippen LogP contribution in [0.4, 0.5) is 0 Å². The van der Waals surface area contributed by atoms with Gasteiger partial charge in [-0.1, -0.05) is 25.4 Å². The molecule has 1 rings (SSSR count). The van der Waals surface area contributed by atoms with Gasteiger partial charge in [0.1, 0.15) is 5.75 Å². The standard InChI is InChI=1S/C13H17ClO4/c1-4-18-13(17)12(16)9-5-10(14)8(7(2)3)6-11(9)15/h5-7,12,15-16H,4H2,1-3H3. The molecule has 0 aliphatic heterocycles. The smallest absolute Gasteiger partial charge is 0.339 e. The number of halogens is 1. The summed E-state index contributed by atoms with van der Waals surface area (Å²) < 4.78 is 4.69. The topological polar surface area (TPSA) is 66.8 Å². The summed E-state index contributed by atoms with van der Waals surface area (Å²) in [5, 5.41) is 20.0. The minimum Gasteiger partial charge on any atom is -0.508 e. The van der Waals surface area contributed by atoms with Gasteiger partial charge in [0, 0.05) is 10.6 Å². The molecular weight excluding hydrogens is 256 g/mol. The predicted octanol–water partition coefficient (Wildman–Crippen LogP) is 2.77. The molecular formula is C13H17ClO4. The maximum atomic E-state index is 11.4. The summed E-state index contributed by atoms with van der Waals surface area (Å²) in [7, 11) is 0. The summed E-state index contributed by atoms with van der Waals surface area (Å²) in [4.78, 5) is 11.4. The van der Waals surface area contributed by atoms with Crippen LogP contribution in [0.25, 0.3) is 0 Å². The molecule has 0 fully saturated rings. The summed E-state index contributed by atoms with van der Waals surface area (Å²) in [6.07, 6.45) is -1.52. The zero-order valence-corrected chi connectivity index (χ0v) is 11.4. The molecule has 1 unspecified atom stereocenters. The van der Waals surface area contributed by atoms with Crippen molar-refractivity contribution in [3.63, 3.8) is 0 Å². The molecule has 0 heterocycles. The minimum atomic E-state index is -1.52. The van der Waals surface area contributed by atoms with Crippen LogP contribution < -0.4 is 0 Å². The normalized spacial score (nSPS) is 12.6. The highest BCUT2D eigenvalue weighted by Crippen LogP contribution is 2.34. The Kier molecular flexibility index (Phi) is 4.99. The van der Waals surface area contributed by atoms with Gasteiger partial charge in [-0.25, -0.2) is 4.79 Å². The number of carbonyl (C=O) groups excluding carboxylic acids is 1. The van der Waals surface area contributed by atoms with Crippen LogP contribution in [0, 0.1) is 0 Å². The van der Waals surface area contributed by atoms with Crippen molar-refractivity contribution in [3.05, 3.63) is 28.3 Å². The molecule has 0 aliphatic rings. The van der Waals surface area contributed by atoms with Gasteiger partial charge in [-0.3, -0.25) is 0 Å². The number of phenols is 1. The van der Waals surface area contributed by atoms with E-state index in [0.29, 0.717) is 5.02 Å². The van der Waals surface area contributed by atoms with Gasteiger partial charge in [-0.05, 0) is 30.5 Å². The van der Waals surface area contributed by atoms with Gasteiger partial charge in [0.25, 0.3) is 0 Å². The fourth-order valence-corrected chi connectivity index (χ4v) is 1.99. The van der Waals surface area contributed by atoms with Crippen molar-refractivity contribution in [2.24, 2.45) is 0 Å². The Labute approximate surface area is 111 Å². The van der Waals surface area contributed by atoms with E-state index in [1.54, 1.807) is 6.92 Å². The molecule has 18 heavy (non-hydrogen) atoms. The lowest BCUT2D eigenvalue weighted by molar-refractivity contribution is -0.153. The fourth-order valence-electron chi connectivity index (χ4n) is 1.60. The number of aliphatic hydroxyl groups is 1. The zero-order valence-electron chi connectivity index (χ0n) is 10.6. The quantitative estimate of drug-likeness (QED) is 0.827. The number of hydrogen-bond donors (Lipinski definition) is 2. The van der Waals surface area contributed by atoms with Crippen LogP contribution in [0.2, 0.25) is 5.02 Å². The number of esters is 1.